The average Bonchev–Trinajstić information content (AvgIpc) is 3.06. The fourth-order valence-electron chi connectivity index (χ4n) is 4.38. The maximum absolute atomic E-state index is 11.5. The van der Waals surface area contributed by atoms with Gasteiger partial charge < -0.3 is 16.2 Å². The van der Waals surface area contributed by atoms with Crippen LogP contribution in [0.1, 0.15) is 43.0 Å². The number of anilines is 1. The van der Waals surface area contributed by atoms with E-state index in [1.807, 2.05) is 24.4 Å². The quantitative estimate of drug-likeness (QED) is 0.512. The number of amides is 1. The molecule has 1 fully saturated rings. The molecule has 3 aromatic rings. The van der Waals surface area contributed by atoms with Crippen LogP contribution in [-0.4, -0.2) is 26.6 Å². The van der Waals surface area contributed by atoms with Crippen LogP contribution in [0.4, 0.5) is 10.6 Å². The minimum Gasteiger partial charge on any atom is -0.446 e. The van der Waals surface area contributed by atoms with E-state index in [1.54, 1.807) is 6.20 Å². The number of halogens is 1. The van der Waals surface area contributed by atoms with Gasteiger partial charge in [-0.05, 0) is 59.8 Å². The summed E-state index contributed by atoms with van der Waals surface area (Å²) in [5.41, 5.74) is 13.4. The Hall–Kier alpha value is -2.36. The van der Waals surface area contributed by atoms with Gasteiger partial charge in [0.25, 0.3) is 0 Å². The topological polar surface area (TPSA) is 109 Å². The molecule has 1 aliphatic carbocycles. The number of nitrogen functional groups attached to an aromatic ring is 1. The van der Waals surface area contributed by atoms with Gasteiger partial charge in [-0.1, -0.05) is 30.3 Å². The van der Waals surface area contributed by atoms with Crippen LogP contribution in [0.2, 0.25) is 0 Å². The summed E-state index contributed by atoms with van der Waals surface area (Å²) >= 11 is 2.22. The second-order valence-corrected chi connectivity index (χ2v) is 8.59. The normalized spacial score (nSPS) is 20.4. The van der Waals surface area contributed by atoms with Crippen LogP contribution in [0.25, 0.3) is 5.52 Å². The highest BCUT2D eigenvalue weighted by molar-refractivity contribution is 14.1. The summed E-state index contributed by atoms with van der Waals surface area (Å²) < 4.78 is 8.46. The van der Waals surface area contributed by atoms with Crippen LogP contribution in [0, 0.1) is 9.62 Å². The molecule has 0 spiro atoms. The van der Waals surface area contributed by atoms with Crippen molar-refractivity contribution in [3.63, 3.8) is 0 Å². The van der Waals surface area contributed by atoms with Crippen LogP contribution >= 0.6 is 22.6 Å². The van der Waals surface area contributed by atoms with Gasteiger partial charge in [-0.25, -0.2) is 14.8 Å². The number of imidazole rings is 1. The van der Waals surface area contributed by atoms with Crippen LogP contribution in [0.15, 0.2) is 42.7 Å². The van der Waals surface area contributed by atoms with Gasteiger partial charge >= 0.3 is 6.09 Å². The van der Waals surface area contributed by atoms with E-state index in [4.69, 9.17) is 21.2 Å². The van der Waals surface area contributed by atoms with E-state index in [0.717, 1.165) is 46.3 Å². The van der Waals surface area contributed by atoms with E-state index >= 15 is 0 Å². The van der Waals surface area contributed by atoms with Gasteiger partial charge in [0.2, 0.25) is 0 Å². The monoisotopic (exact) mass is 505 g/mol. The highest BCUT2D eigenvalue weighted by Crippen LogP contribution is 2.39. The van der Waals surface area contributed by atoms with Gasteiger partial charge in [0, 0.05) is 24.7 Å². The van der Waals surface area contributed by atoms with Gasteiger partial charge in [-0.15, -0.1) is 0 Å². The molecule has 2 aromatic heterocycles. The fraction of sp³-hybridized carbons (Fsp3) is 0.381. The number of nitrogens with two attached hydrogens (primary N) is 2. The van der Waals surface area contributed by atoms with Crippen molar-refractivity contribution in [2.24, 2.45) is 11.7 Å². The van der Waals surface area contributed by atoms with Crippen molar-refractivity contribution in [2.45, 2.75) is 44.1 Å². The number of aromatic nitrogens is 3. The first-order valence-corrected chi connectivity index (χ1v) is 10.9. The zero-order chi connectivity index (χ0) is 20.4. The minimum absolute atomic E-state index is 0.201. The molecule has 1 saturated carbocycles. The maximum atomic E-state index is 11.5. The first-order valence-electron chi connectivity index (χ1n) is 9.81. The van der Waals surface area contributed by atoms with Crippen molar-refractivity contribution in [1.29, 1.82) is 0 Å². The smallest absolute Gasteiger partial charge is 0.404 e. The van der Waals surface area contributed by atoms with Gasteiger partial charge in [0.15, 0.2) is 5.82 Å². The number of carbonyl (C=O) groups is 1. The zero-order valence-corrected chi connectivity index (χ0v) is 18.2. The van der Waals surface area contributed by atoms with E-state index in [-0.39, 0.29) is 12.0 Å². The number of carbonyl (C=O) groups excluding carboxylic acids is 1. The van der Waals surface area contributed by atoms with Crippen LogP contribution in [0.5, 0.6) is 0 Å². The number of primary amides is 1. The molecular weight excluding hydrogens is 481 g/mol. The molecule has 4 N–H and O–H groups in total. The number of rotatable bonds is 5. The van der Waals surface area contributed by atoms with Crippen molar-refractivity contribution in [3.8, 4) is 0 Å². The number of fused-ring (bicyclic) bond motifs is 1. The summed E-state index contributed by atoms with van der Waals surface area (Å²) in [5, 5.41) is 0. The predicted molar refractivity (Wildman–Crippen MR) is 119 cm³/mol. The lowest BCUT2D eigenvalue weighted by Gasteiger charge is -2.33. The lowest BCUT2D eigenvalue weighted by molar-refractivity contribution is 0.0516. The predicted octanol–water partition coefficient (Wildman–Crippen LogP) is 3.90. The molecule has 1 aromatic carbocycles. The van der Waals surface area contributed by atoms with Crippen molar-refractivity contribution in [3.05, 3.63) is 57.8 Å². The first kappa shape index (κ1) is 19.9. The average molecular weight is 505 g/mol. The van der Waals surface area contributed by atoms with Crippen molar-refractivity contribution in [2.75, 3.05) is 5.73 Å². The Kier molecular flexibility index (Phi) is 5.89. The second kappa shape index (κ2) is 8.56. The van der Waals surface area contributed by atoms with E-state index < -0.39 is 6.09 Å². The maximum Gasteiger partial charge on any atom is 0.404 e. The van der Waals surface area contributed by atoms with E-state index in [9.17, 15) is 4.79 Å². The number of ether oxygens (including phenoxy) is 1. The molecule has 152 valence electrons. The molecule has 4 rings (SSSR count). The van der Waals surface area contributed by atoms with E-state index in [0.29, 0.717) is 18.2 Å². The lowest BCUT2D eigenvalue weighted by atomic mass is 9.77. The lowest BCUT2D eigenvalue weighted by Crippen LogP contribution is -2.33. The zero-order valence-electron chi connectivity index (χ0n) is 16.0. The molecule has 29 heavy (non-hydrogen) atoms. The molecule has 2 heterocycles. The summed E-state index contributed by atoms with van der Waals surface area (Å²) in [5.74, 6) is 2.17. The van der Waals surface area contributed by atoms with Gasteiger partial charge in [0.1, 0.15) is 21.1 Å². The van der Waals surface area contributed by atoms with Gasteiger partial charge in [0.05, 0.1) is 0 Å². The van der Waals surface area contributed by atoms with Crippen molar-refractivity contribution < 1.29 is 9.53 Å². The molecular formula is C21H24IN5O2. The highest BCUT2D eigenvalue weighted by Gasteiger charge is 2.32. The van der Waals surface area contributed by atoms with Crippen LogP contribution in [-0.2, 0) is 11.2 Å². The third-order valence-corrected chi connectivity index (χ3v) is 6.53. The molecule has 0 saturated heterocycles. The SMILES string of the molecule is NC(=O)OC(Cc1ccccc1)C1CCC(c2nc(I)c3c(N)nccn23)CC1. The molecule has 0 aliphatic heterocycles. The summed E-state index contributed by atoms with van der Waals surface area (Å²) in [6.45, 7) is 0. The molecule has 7 nitrogen and oxygen atoms in total. The Morgan fingerprint density at radius 1 is 1.24 bits per heavy atom. The summed E-state index contributed by atoms with van der Waals surface area (Å²) in [4.78, 5) is 20.4. The Bertz CT molecular complexity index is 999. The Morgan fingerprint density at radius 2 is 1.97 bits per heavy atom. The fourth-order valence-corrected chi connectivity index (χ4v) is 5.16. The molecule has 1 atom stereocenters. The van der Waals surface area contributed by atoms with Crippen molar-refractivity contribution in [1.82, 2.24) is 14.4 Å². The molecule has 1 amide bonds. The van der Waals surface area contributed by atoms with Gasteiger partial charge in [-0.2, -0.15) is 0 Å². The Labute approximate surface area is 183 Å². The summed E-state index contributed by atoms with van der Waals surface area (Å²) in [6.07, 6.45) is 7.31. The van der Waals surface area contributed by atoms with Gasteiger partial charge in [-0.3, -0.25) is 4.40 Å². The minimum atomic E-state index is -0.704. The molecule has 8 heteroatoms. The Morgan fingerprint density at radius 3 is 2.66 bits per heavy atom. The molecule has 1 unspecified atom stereocenters. The molecule has 0 radical (unpaired) electrons. The first-order chi connectivity index (χ1) is 14.0. The number of hydrogen-bond acceptors (Lipinski definition) is 5. The van der Waals surface area contributed by atoms with Crippen LogP contribution < -0.4 is 11.5 Å². The van der Waals surface area contributed by atoms with Crippen LogP contribution in [0.3, 0.4) is 0 Å². The second-order valence-electron chi connectivity index (χ2n) is 7.57. The highest BCUT2D eigenvalue weighted by atomic mass is 127. The molecule has 1 aliphatic rings. The van der Waals surface area contributed by atoms with Crippen molar-refractivity contribution >= 4 is 40.0 Å². The Balaban J connectivity index is 1.49. The summed E-state index contributed by atoms with van der Waals surface area (Å²) in [6, 6.07) is 10.1. The summed E-state index contributed by atoms with van der Waals surface area (Å²) in [7, 11) is 0. The van der Waals surface area contributed by atoms with E-state index in [2.05, 4.69) is 44.1 Å². The molecule has 0 bridgehead atoms. The number of benzene rings is 1. The largest absolute Gasteiger partial charge is 0.446 e. The third-order valence-electron chi connectivity index (χ3n) is 5.78. The van der Waals surface area contributed by atoms with E-state index in [1.165, 1.54) is 0 Å². The number of nitrogens with zero attached hydrogens (tertiary/aromatic N) is 3. The number of hydrogen-bond donors (Lipinski definition) is 2. The standard InChI is InChI=1S/C21H24IN5O2/c22-18-17-19(23)25-10-11-27(17)20(26-18)15-8-6-14(7-9-15)16(29-21(24)28)12-13-4-2-1-3-5-13/h1-5,10-11,14-16H,6-9,12H2,(H2,23,25)(H2,24,28). The third kappa shape index (κ3) is 4.31.